The summed E-state index contributed by atoms with van der Waals surface area (Å²) in [5.41, 5.74) is 2.42. The molecule has 0 fully saturated rings. The second kappa shape index (κ2) is 5.91. The molecule has 9 heteroatoms. The van der Waals surface area contributed by atoms with E-state index in [1.807, 2.05) is 0 Å². The van der Waals surface area contributed by atoms with Crippen molar-refractivity contribution in [3.8, 4) is 11.4 Å². The summed E-state index contributed by atoms with van der Waals surface area (Å²) in [6, 6.07) is 11.4. The highest BCUT2D eigenvalue weighted by molar-refractivity contribution is 6.31. The van der Waals surface area contributed by atoms with E-state index >= 15 is 0 Å². The van der Waals surface area contributed by atoms with Gasteiger partial charge in [-0.25, -0.2) is 0 Å². The van der Waals surface area contributed by atoms with Crippen LogP contribution >= 0.6 is 11.6 Å². The van der Waals surface area contributed by atoms with Crippen LogP contribution in [0.2, 0.25) is 5.02 Å². The number of halogens is 1. The number of hydrogen-bond acceptors (Lipinski definition) is 6. The Balaban J connectivity index is 1.65. The van der Waals surface area contributed by atoms with Crippen LogP contribution in [0.1, 0.15) is 5.82 Å². The Bertz CT molecular complexity index is 996. The van der Waals surface area contributed by atoms with E-state index in [-0.39, 0.29) is 11.7 Å². The third-order valence-corrected chi connectivity index (χ3v) is 3.81. The van der Waals surface area contributed by atoms with Gasteiger partial charge in [0.1, 0.15) is 5.75 Å². The first-order valence-corrected chi connectivity index (χ1v) is 7.65. The fourth-order valence-corrected chi connectivity index (χ4v) is 2.64. The number of phenolic OH excluding ortho intramolecular Hbond substituents is 1. The molecule has 0 spiro atoms. The van der Waals surface area contributed by atoms with E-state index in [1.165, 1.54) is 22.9 Å². The first kappa shape index (κ1) is 15.2. The van der Waals surface area contributed by atoms with Crippen molar-refractivity contribution in [1.29, 1.82) is 0 Å². The second-order valence-corrected chi connectivity index (χ2v) is 5.73. The lowest BCUT2D eigenvalue weighted by molar-refractivity contribution is -0.111. The molecule has 1 aromatic heterocycles. The summed E-state index contributed by atoms with van der Waals surface area (Å²) in [6.45, 7) is 0. The second-order valence-electron chi connectivity index (χ2n) is 5.29. The van der Waals surface area contributed by atoms with Crippen LogP contribution in [-0.2, 0) is 4.79 Å². The molecule has 1 aliphatic rings. The van der Waals surface area contributed by atoms with Gasteiger partial charge in [-0.2, -0.15) is 4.68 Å². The predicted molar refractivity (Wildman–Crippen MR) is 92.5 cm³/mol. The van der Waals surface area contributed by atoms with Crippen LogP contribution in [0.4, 0.5) is 11.4 Å². The molecular weight excluding hydrogens is 344 g/mol. The van der Waals surface area contributed by atoms with Gasteiger partial charge in [-0.05, 0) is 52.9 Å². The molecule has 2 heterocycles. The highest BCUT2D eigenvalue weighted by atomic mass is 35.5. The molecule has 1 amide bonds. The Morgan fingerprint density at radius 2 is 2.04 bits per heavy atom. The smallest absolute Gasteiger partial charge is 0.250 e. The van der Waals surface area contributed by atoms with E-state index in [0.717, 1.165) is 5.69 Å². The molecule has 0 bridgehead atoms. The SMILES string of the molecule is O=C(/C=C1\Nc2cc(Cl)ccc2-n2nnnc21)Nc1ccc(O)cc1. The fourth-order valence-electron chi connectivity index (χ4n) is 2.47. The van der Waals surface area contributed by atoms with E-state index in [4.69, 9.17) is 11.6 Å². The maximum Gasteiger partial charge on any atom is 0.250 e. The lowest BCUT2D eigenvalue weighted by Crippen LogP contribution is -2.18. The molecule has 4 rings (SSSR count). The minimum absolute atomic E-state index is 0.123. The highest BCUT2D eigenvalue weighted by Gasteiger charge is 2.23. The number of aromatic hydroxyl groups is 1. The Kier molecular flexibility index (Phi) is 3.58. The number of benzene rings is 2. The highest BCUT2D eigenvalue weighted by Crippen LogP contribution is 2.32. The average Bonchev–Trinajstić information content (AvgIpc) is 3.07. The third-order valence-electron chi connectivity index (χ3n) is 3.58. The molecule has 0 saturated carbocycles. The van der Waals surface area contributed by atoms with Gasteiger partial charge in [0, 0.05) is 16.8 Å². The molecule has 2 aromatic carbocycles. The van der Waals surface area contributed by atoms with Crippen molar-refractivity contribution >= 4 is 34.6 Å². The normalized spacial score (nSPS) is 13.7. The van der Waals surface area contributed by atoms with E-state index in [2.05, 4.69) is 26.2 Å². The van der Waals surface area contributed by atoms with Gasteiger partial charge >= 0.3 is 0 Å². The molecular formula is C16H11ClN6O2. The predicted octanol–water partition coefficient (Wildman–Crippen LogP) is 2.43. The number of amides is 1. The van der Waals surface area contributed by atoms with Crippen molar-refractivity contribution < 1.29 is 9.90 Å². The first-order chi connectivity index (χ1) is 12.1. The van der Waals surface area contributed by atoms with Crippen LogP contribution in [0.15, 0.2) is 48.5 Å². The lowest BCUT2D eigenvalue weighted by Gasteiger charge is -2.20. The van der Waals surface area contributed by atoms with Crippen LogP contribution in [0, 0.1) is 0 Å². The van der Waals surface area contributed by atoms with Gasteiger partial charge in [0.15, 0.2) is 0 Å². The van der Waals surface area contributed by atoms with Gasteiger partial charge in [0.25, 0.3) is 5.91 Å². The molecule has 8 nitrogen and oxygen atoms in total. The van der Waals surface area contributed by atoms with E-state index in [0.29, 0.717) is 27.9 Å². The number of tetrazole rings is 1. The van der Waals surface area contributed by atoms with Gasteiger partial charge in [-0.1, -0.05) is 11.6 Å². The first-order valence-electron chi connectivity index (χ1n) is 7.27. The summed E-state index contributed by atoms with van der Waals surface area (Å²) >= 11 is 6.03. The van der Waals surface area contributed by atoms with Crippen molar-refractivity contribution in [3.63, 3.8) is 0 Å². The summed E-state index contributed by atoms with van der Waals surface area (Å²) in [6.07, 6.45) is 1.36. The van der Waals surface area contributed by atoms with Crippen molar-refractivity contribution in [2.24, 2.45) is 0 Å². The number of nitrogens with one attached hydrogen (secondary N) is 2. The molecule has 0 aliphatic carbocycles. The third kappa shape index (κ3) is 2.90. The monoisotopic (exact) mass is 354 g/mol. The number of hydrogen-bond donors (Lipinski definition) is 3. The number of carbonyl (C=O) groups is 1. The van der Waals surface area contributed by atoms with Crippen LogP contribution in [0.25, 0.3) is 11.4 Å². The molecule has 0 saturated heterocycles. The van der Waals surface area contributed by atoms with E-state index < -0.39 is 0 Å². The molecule has 0 radical (unpaired) electrons. The molecule has 25 heavy (non-hydrogen) atoms. The van der Waals surface area contributed by atoms with Crippen molar-refractivity contribution in [1.82, 2.24) is 20.2 Å². The van der Waals surface area contributed by atoms with Crippen molar-refractivity contribution in [3.05, 3.63) is 59.4 Å². The molecule has 3 aromatic rings. The quantitative estimate of drug-likeness (QED) is 0.482. The summed E-state index contributed by atoms with van der Waals surface area (Å²) in [7, 11) is 0. The summed E-state index contributed by atoms with van der Waals surface area (Å²) in [4.78, 5) is 12.3. The Morgan fingerprint density at radius 1 is 1.24 bits per heavy atom. The van der Waals surface area contributed by atoms with Crippen LogP contribution in [-0.4, -0.2) is 31.2 Å². The summed E-state index contributed by atoms with van der Waals surface area (Å²) < 4.78 is 1.53. The zero-order valence-electron chi connectivity index (χ0n) is 12.6. The van der Waals surface area contributed by atoms with Gasteiger partial charge in [-0.15, -0.1) is 5.10 Å². The number of anilines is 2. The fraction of sp³-hybridized carbons (Fsp3) is 0. The Morgan fingerprint density at radius 3 is 2.84 bits per heavy atom. The van der Waals surface area contributed by atoms with E-state index in [1.54, 1.807) is 30.3 Å². The Hall–Kier alpha value is -3.39. The largest absolute Gasteiger partial charge is 0.508 e. The van der Waals surface area contributed by atoms with Gasteiger partial charge < -0.3 is 15.7 Å². The lowest BCUT2D eigenvalue weighted by atomic mass is 10.2. The van der Waals surface area contributed by atoms with Gasteiger partial charge in [-0.3, -0.25) is 4.79 Å². The average molecular weight is 355 g/mol. The number of aromatic nitrogens is 4. The maximum atomic E-state index is 12.3. The standard InChI is InChI=1S/C16H11ClN6O2/c17-9-1-6-14-12(7-9)19-13(16-20-21-22-23(14)16)8-15(25)18-10-2-4-11(24)5-3-10/h1-8,19,24H,(H,18,25)/b13-8-. The van der Waals surface area contributed by atoms with Crippen LogP contribution in [0.5, 0.6) is 5.75 Å². The number of fused-ring (bicyclic) bond motifs is 3. The minimum Gasteiger partial charge on any atom is -0.508 e. The van der Waals surface area contributed by atoms with Gasteiger partial charge in [0.05, 0.1) is 17.1 Å². The molecule has 124 valence electrons. The number of carbonyl (C=O) groups excluding carboxylic acids is 1. The molecule has 1 aliphatic heterocycles. The van der Waals surface area contributed by atoms with Gasteiger partial charge in [0.2, 0.25) is 5.82 Å². The number of phenols is 1. The van der Waals surface area contributed by atoms with E-state index in [9.17, 15) is 9.90 Å². The van der Waals surface area contributed by atoms with Crippen molar-refractivity contribution in [2.45, 2.75) is 0 Å². The molecule has 3 N–H and O–H groups in total. The molecule has 0 atom stereocenters. The zero-order chi connectivity index (χ0) is 17.4. The number of nitrogens with zero attached hydrogens (tertiary/aromatic N) is 4. The number of rotatable bonds is 2. The van der Waals surface area contributed by atoms with Crippen LogP contribution in [0.3, 0.4) is 0 Å². The summed E-state index contributed by atoms with van der Waals surface area (Å²) in [5.74, 6) is 0.168. The maximum absolute atomic E-state index is 12.3. The summed E-state index contributed by atoms with van der Waals surface area (Å²) in [5, 5.41) is 27.2. The topological polar surface area (TPSA) is 105 Å². The molecule has 0 unspecified atom stereocenters. The Labute approximate surface area is 146 Å². The minimum atomic E-state index is -0.367. The van der Waals surface area contributed by atoms with Crippen molar-refractivity contribution in [2.75, 3.05) is 10.6 Å². The zero-order valence-corrected chi connectivity index (χ0v) is 13.4. The van der Waals surface area contributed by atoms with Crippen LogP contribution < -0.4 is 10.6 Å².